The van der Waals surface area contributed by atoms with Crippen LogP contribution in [0.15, 0.2) is 29.3 Å². The van der Waals surface area contributed by atoms with Gasteiger partial charge in [0.25, 0.3) is 0 Å². The van der Waals surface area contributed by atoms with Crippen molar-refractivity contribution < 1.29 is 14.3 Å². The van der Waals surface area contributed by atoms with Gasteiger partial charge in [0.1, 0.15) is 11.4 Å². The number of halogens is 1. The highest BCUT2D eigenvalue weighted by atomic mass is 127. The number of hydrogen-bond acceptors (Lipinski definition) is 4. The van der Waals surface area contributed by atoms with Crippen molar-refractivity contribution in [2.45, 2.75) is 39.3 Å². The number of hydrogen-bond donors (Lipinski definition) is 2. The summed E-state index contributed by atoms with van der Waals surface area (Å²) in [6.07, 6.45) is 0.371. The van der Waals surface area contributed by atoms with Crippen molar-refractivity contribution in [2.24, 2.45) is 4.99 Å². The number of amides is 1. The standard InChI is InChI=1S/C19H32N4O3.HI/c1-19(2,3)26-18(24)22-13-9-12-21-17(20-4)23(5)14-15-10-7-8-11-16(15)25-6;/h7-8,10-11H,9,12-14H2,1-6H3,(H,20,21)(H,22,24);1H. The normalized spacial score (nSPS) is 11.3. The topological polar surface area (TPSA) is 75.2 Å². The first-order valence-electron chi connectivity index (χ1n) is 8.77. The molecule has 0 bridgehead atoms. The van der Waals surface area contributed by atoms with Gasteiger partial charge < -0.3 is 25.0 Å². The summed E-state index contributed by atoms with van der Waals surface area (Å²) in [4.78, 5) is 17.9. The number of carbonyl (C=O) groups is 1. The van der Waals surface area contributed by atoms with Gasteiger partial charge in [0, 0.05) is 39.3 Å². The third-order valence-corrected chi connectivity index (χ3v) is 3.48. The molecule has 8 heteroatoms. The molecule has 154 valence electrons. The average Bonchev–Trinajstić information content (AvgIpc) is 2.56. The quantitative estimate of drug-likeness (QED) is 0.265. The van der Waals surface area contributed by atoms with Crippen LogP contribution in [0.4, 0.5) is 4.79 Å². The fourth-order valence-corrected chi connectivity index (χ4v) is 2.34. The molecule has 7 nitrogen and oxygen atoms in total. The predicted octanol–water partition coefficient (Wildman–Crippen LogP) is 3.24. The van der Waals surface area contributed by atoms with Crippen molar-refractivity contribution >= 4 is 36.0 Å². The van der Waals surface area contributed by atoms with Crippen LogP contribution < -0.4 is 15.4 Å². The largest absolute Gasteiger partial charge is 0.496 e. The lowest BCUT2D eigenvalue weighted by Crippen LogP contribution is -2.40. The monoisotopic (exact) mass is 492 g/mol. The molecule has 27 heavy (non-hydrogen) atoms. The molecule has 0 radical (unpaired) electrons. The molecule has 0 aliphatic heterocycles. The molecule has 0 fully saturated rings. The van der Waals surface area contributed by atoms with Gasteiger partial charge in [-0.3, -0.25) is 4.99 Å². The van der Waals surface area contributed by atoms with E-state index >= 15 is 0 Å². The Morgan fingerprint density at radius 1 is 1.19 bits per heavy atom. The van der Waals surface area contributed by atoms with Gasteiger partial charge in [-0.2, -0.15) is 0 Å². The average molecular weight is 492 g/mol. The molecule has 0 unspecified atom stereocenters. The second-order valence-corrected chi connectivity index (χ2v) is 6.92. The highest BCUT2D eigenvalue weighted by Crippen LogP contribution is 2.18. The molecule has 0 atom stereocenters. The zero-order valence-electron chi connectivity index (χ0n) is 17.2. The molecule has 1 aromatic rings. The first-order valence-corrected chi connectivity index (χ1v) is 8.77. The van der Waals surface area contributed by atoms with E-state index < -0.39 is 11.7 Å². The molecule has 0 saturated heterocycles. The van der Waals surface area contributed by atoms with Crippen molar-refractivity contribution in [1.29, 1.82) is 0 Å². The number of nitrogens with zero attached hydrogens (tertiary/aromatic N) is 2. The highest BCUT2D eigenvalue weighted by Gasteiger charge is 2.15. The van der Waals surface area contributed by atoms with E-state index in [4.69, 9.17) is 9.47 Å². The Morgan fingerprint density at radius 2 is 1.81 bits per heavy atom. The smallest absolute Gasteiger partial charge is 0.407 e. The second kappa shape index (κ2) is 12.6. The molecule has 0 aromatic heterocycles. The number of rotatable bonds is 7. The zero-order valence-corrected chi connectivity index (χ0v) is 19.5. The van der Waals surface area contributed by atoms with E-state index in [9.17, 15) is 4.79 Å². The van der Waals surface area contributed by atoms with Crippen molar-refractivity contribution in [3.8, 4) is 5.75 Å². The fourth-order valence-electron chi connectivity index (χ4n) is 2.34. The van der Waals surface area contributed by atoms with Crippen molar-refractivity contribution in [3.05, 3.63) is 29.8 Å². The molecule has 0 spiro atoms. The summed E-state index contributed by atoms with van der Waals surface area (Å²) in [5, 5.41) is 6.04. The summed E-state index contributed by atoms with van der Waals surface area (Å²) >= 11 is 0. The van der Waals surface area contributed by atoms with E-state index in [2.05, 4.69) is 15.6 Å². The van der Waals surface area contributed by atoms with Crippen LogP contribution >= 0.6 is 24.0 Å². The maximum absolute atomic E-state index is 11.6. The van der Waals surface area contributed by atoms with Crippen molar-refractivity contribution in [1.82, 2.24) is 15.5 Å². The van der Waals surface area contributed by atoms with Gasteiger partial charge in [0.2, 0.25) is 0 Å². The predicted molar refractivity (Wildman–Crippen MR) is 120 cm³/mol. The summed E-state index contributed by atoms with van der Waals surface area (Å²) in [5.41, 5.74) is 0.609. The van der Waals surface area contributed by atoms with E-state index in [1.807, 2.05) is 57.0 Å². The molecule has 2 N–H and O–H groups in total. The molecule has 0 heterocycles. The molecule has 1 aromatic carbocycles. The van der Waals surface area contributed by atoms with E-state index in [-0.39, 0.29) is 24.0 Å². The van der Waals surface area contributed by atoms with E-state index in [1.54, 1.807) is 14.2 Å². The lowest BCUT2D eigenvalue weighted by molar-refractivity contribution is 0.0527. The first kappa shape index (κ1) is 25.3. The van der Waals surface area contributed by atoms with Gasteiger partial charge in [0.15, 0.2) is 5.96 Å². The van der Waals surface area contributed by atoms with Gasteiger partial charge in [0.05, 0.1) is 7.11 Å². The number of guanidine groups is 1. The summed E-state index contributed by atoms with van der Waals surface area (Å²) < 4.78 is 10.6. The number of nitrogens with one attached hydrogen (secondary N) is 2. The van der Waals surface area contributed by atoms with Crippen molar-refractivity contribution in [3.63, 3.8) is 0 Å². The first-order chi connectivity index (χ1) is 12.3. The minimum atomic E-state index is -0.481. The Bertz CT molecular complexity index is 603. The van der Waals surface area contributed by atoms with Crippen LogP contribution in [0.3, 0.4) is 0 Å². The zero-order chi connectivity index (χ0) is 19.6. The van der Waals surface area contributed by atoms with Crippen LogP contribution in [0.1, 0.15) is 32.8 Å². The third-order valence-electron chi connectivity index (χ3n) is 3.48. The fraction of sp³-hybridized carbons (Fsp3) is 0.579. The maximum Gasteiger partial charge on any atom is 0.407 e. The minimum absolute atomic E-state index is 0. The Balaban J connectivity index is 0.00000676. The van der Waals surface area contributed by atoms with E-state index in [0.717, 1.165) is 23.7 Å². The van der Waals surface area contributed by atoms with Crippen LogP contribution in [0, 0.1) is 0 Å². The second-order valence-electron chi connectivity index (χ2n) is 6.92. The molecule has 1 rings (SSSR count). The lowest BCUT2D eigenvalue weighted by Gasteiger charge is -2.23. The maximum atomic E-state index is 11.6. The van der Waals surface area contributed by atoms with E-state index in [0.29, 0.717) is 19.6 Å². The summed E-state index contributed by atoms with van der Waals surface area (Å²) in [6, 6.07) is 7.92. The van der Waals surface area contributed by atoms with Crippen molar-refractivity contribution in [2.75, 3.05) is 34.3 Å². The number of para-hydroxylation sites is 1. The summed E-state index contributed by atoms with van der Waals surface area (Å²) in [5.74, 6) is 1.64. The van der Waals surface area contributed by atoms with Gasteiger partial charge >= 0.3 is 6.09 Å². The van der Waals surface area contributed by atoms with Gasteiger partial charge in [-0.15, -0.1) is 24.0 Å². The number of benzene rings is 1. The third kappa shape index (κ3) is 10.3. The highest BCUT2D eigenvalue weighted by molar-refractivity contribution is 14.0. The minimum Gasteiger partial charge on any atom is -0.496 e. The Labute approximate surface area is 179 Å². The molecule has 0 aliphatic carbocycles. The van der Waals surface area contributed by atoms with Gasteiger partial charge in [-0.05, 0) is 33.3 Å². The SMILES string of the molecule is CN=C(NCCCNC(=O)OC(C)(C)C)N(C)Cc1ccccc1OC.I. The molecule has 1 amide bonds. The van der Waals surface area contributed by atoms with Crippen LogP contribution in [-0.2, 0) is 11.3 Å². The molecular formula is C19H33IN4O3. The lowest BCUT2D eigenvalue weighted by atomic mass is 10.2. The molecular weight excluding hydrogens is 459 g/mol. The van der Waals surface area contributed by atoms with Crippen LogP contribution in [0.2, 0.25) is 0 Å². The number of carbonyl (C=O) groups excluding carboxylic acids is 1. The van der Waals surface area contributed by atoms with Gasteiger partial charge in [-0.1, -0.05) is 18.2 Å². The van der Waals surface area contributed by atoms with Gasteiger partial charge in [-0.25, -0.2) is 4.79 Å². The molecule has 0 aliphatic rings. The summed E-state index contributed by atoms with van der Waals surface area (Å²) in [6.45, 7) is 7.44. The van der Waals surface area contributed by atoms with Crippen LogP contribution in [0.25, 0.3) is 0 Å². The summed E-state index contributed by atoms with van der Waals surface area (Å²) in [7, 11) is 5.39. The van der Waals surface area contributed by atoms with Crippen LogP contribution in [0.5, 0.6) is 5.75 Å². The number of ether oxygens (including phenoxy) is 2. The van der Waals surface area contributed by atoms with Crippen LogP contribution in [-0.4, -0.2) is 56.8 Å². The Hall–Kier alpha value is -1.71. The Morgan fingerprint density at radius 3 is 2.41 bits per heavy atom. The molecule has 0 saturated carbocycles. The Kier molecular flexibility index (Phi) is 11.8. The van der Waals surface area contributed by atoms with E-state index in [1.165, 1.54) is 0 Å². The number of methoxy groups -OCH3 is 1. The number of aliphatic imine (C=N–C) groups is 1. The number of alkyl carbamates (subject to hydrolysis) is 1.